The zero-order valence-corrected chi connectivity index (χ0v) is 17.5. The molecule has 5 nitrogen and oxygen atoms in total. The van der Waals surface area contributed by atoms with Gasteiger partial charge in [-0.1, -0.05) is 29.8 Å². The van der Waals surface area contributed by atoms with Crippen molar-refractivity contribution >= 4 is 0 Å². The summed E-state index contributed by atoms with van der Waals surface area (Å²) < 4.78 is 0. The molecule has 3 aromatic carbocycles. The molecule has 0 spiro atoms. The lowest BCUT2D eigenvalue weighted by Gasteiger charge is -2.15. The summed E-state index contributed by atoms with van der Waals surface area (Å²) >= 11 is 0. The average Bonchev–Trinajstić information content (AvgIpc) is 2.70. The van der Waals surface area contributed by atoms with Crippen LogP contribution in [0.15, 0.2) is 36.4 Å². The second-order valence-electron chi connectivity index (χ2n) is 7.94. The Morgan fingerprint density at radius 3 is 1.30 bits per heavy atom. The first-order chi connectivity index (χ1) is 14.2. The first-order valence-corrected chi connectivity index (χ1v) is 9.89. The Hall–Kier alpha value is -3.02. The number of aliphatic hydroxyl groups excluding tert-OH is 2. The van der Waals surface area contributed by atoms with Crippen molar-refractivity contribution in [1.29, 1.82) is 0 Å². The van der Waals surface area contributed by atoms with Crippen LogP contribution in [0.25, 0.3) is 0 Å². The fraction of sp³-hybridized carbons (Fsp3) is 0.280. The van der Waals surface area contributed by atoms with E-state index in [0.29, 0.717) is 35.1 Å². The molecular weight excluding hydrogens is 380 g/mol. The zero-order chi connectivity index (χ0) is 22.0. The maximum atomic E-state index is 10.9. The first-order valence-electron chi connectivity index (χ1n) is 9.89. The third-order valence-electron chi connectivity index (χ3n) is 5.42. The second-order valence-corrected chi connectivity index (χ2v) is 7.94. The third kappa shape index (κ3) is 4.42. The summed E-state index contributed by atoms with van der Waals surface area (Å²) in [6.45, 7) is 5.03. The minimum atomic E-state index is -0.251. The lowest BCUT2D eigenvalue weighted by molar-refractivity contribution is 0.275. The normalized spacial score (nSPS) is 11.1. The highest BCUT2D eigenvalue weighted by Crippen LogP contribution is 2.32. The Balaban J connectivity index is 1.97. The molecule has 0 amide bonds. The largest absolute Gasteiger partial charge is 0.507 e. The summed E-state index contributed by atoms with van der Waals surface area (Å²) in [5, 5.41) is 50.0. The minimum Gasteiger partial charge on any atom is -0.507 e. The molecule has 0 heterocycles. The van der Waals surface area contributed by atoms with E-state index in [4.69, 9.17) is 0 Å². The molecule has 5 N–H and O–H groups in total. The molecule has 0 fully saturated rings. The topological polar surface area (TPSA) is 101 Å². The molecule has 0 aromatic heterocycles. The molecule has 3 aromatic rings. The van der Waals surface area contributed by atoms with Crippen molar-refractivity contribution in [1.82, 2.24) is 0 Å². The highest BCUT2D eigenvalue weighted by Gasteiger charge is 2.14. The van der Waals surface area contributed by atoms with Gasteiger partial charge in [0, 0.05) is 24.0 Å². The highest BCUT2D eigenvalue weighted by molar-refractivity contribution is 5.51. The molecule has 0 unspecified atom stereocenters. The van der Waals surface area contributed by atoms with E-state index < -0.39 is 0 Å². The minimum absolute atomic E-state index is 0.0952. The van der Waals surface area contributed by atoms with E-state index in [1.54, 1.807) is 26.0 Å². The lowest BCUT2D eigenvalue weighted by Crippen LogP contribution is -1.99. The van der Waals surface area contributed by atoms with Gasteiger partial charge in [-0.05, 0) is 66.3 Å². The number of benzene rings is 3. The van der Waals surface area contributed by atoms with Crippen LogP contribution in [0.1, 0.15) is 50.1 Å². The van der Waals surface area contributed by atoms with Gasteiger partial charge in [0.1, 0.15) is 17.2 Å². The standard InChI is InChI=1S/C25H28O5/c1-14-4-19(8-17-6-15(2)23(28)21(10-17)12-26)25(30)20(5-14)9-18-7-16(3)24(29)22(11-18)13-27/h4-7,10-11,26-30H,8-9,12-13H2,1-3H3. The maximum Gasteiger partial charge on any atom is 0.124 e. The Morgan fingerprint density at radius 1 is 0.533 bits per heavy atom. The zero-order valence-electron chi connectivity index (χ0n) is 17.5. The number of phenols is 3. The van der Waals surface area contributed by atoms with Crippen molar-refractivity contribution in [2.75, 3.05) is 0 Å². The van der Waals surface area contributed by atoms with E-state index in [1.165, 1.54) is 0 Å². The molecule has 158 valence electrons. The summed E-state index contributed by atoms with van der Waals surface area (Å²) in [5.41, 5.74) is 6.61. The van der Waals surface area contributed by atoms with Gasteiger partial charge in [0.05, 0.1) is 13.2 Å². The summed E-state index contributed by atoms with van der Waals surface area (Å²) in [6, 6.07) is 11.1. The van der Waals surface area contributed by atoms with Crippen LogP contribution in [0.2, 0.25) is 0 Å². The van der Waals surface area contributed by atoms with Crippen molar-refractivity contribution in [2.45, 2.75) is 46.8 Å². The van der Waals surface area contributed by atoms with Crippen molar-refractivity contribution in [3.63, 3.8) is 0 Å². The average molecular weight is 408 g/mol. The molecule has 0 aliphatic carbocycles. The number of aromatic hydroxyl groups is 3. The molecule has 3 rings (SSSR count). The molecular formula is C25H28O5. The van der Waals surface area contributed by atoms with Crippen molar-refractivity contribution in [2.24, 2.45) is 0 Å². The van der Waals surface area contributed by atoms with Crippen LogP contribution in [0.3, 0.4) is 0 Å². The van der Waals surface area contributed by atoms with E-state index in [9.17, 15) is 25.5 Å². The summed E-state index contributed by atoms with van der Waals surface area (Å²) in [7, 11) is 0. The Morgan fingerprint density at radius 2 is 0.933 bits per heavy atom. The Bertz CT molecular complexity index is 1000. The van der Waals surface area contributed by atoms with Crippen LogP contribution in [-0.2, 0) is 26.1 Å². The van der Waals surface area contributed by atoms with Crippen LogP contribution in [0.5, 0.6) is 17.2 Å². The van der Waals surface area contributed by atoms with E-state index in [-0.39, 0.29) is 30.5 Å². The van der Waals surface area contributed by atoms with Crippen molar-refractivity contribution in [3.05, 3.63) is 86.5 Å². The predicted molar refractivity (Wildman–Crippen MR) is 116 cm³/mol. The van der Waals surface area contributed by atoms with Crippen molar-refractivity contribution in [3.8, 4) is 17.2 Å². The fourth-order valence-electron chi connectivity index (χ4n) is 3.96. The predicted octanol–water partition coefficient (Wildman–Crippen LogP) is 3.89. The molecule has 0 bridgehead atoms. The third-order valence-corrected chi connectivity index (χ3v) is 5.42. The number of phenolic OH excluding ortho intramolecular Hbond substituents is 1. The van der Waals surface area contributed by atoms with E-state index in [0.717, 1.165) is 27.8 Å². The van der Waals surface area contributed by atoms with Crippen LogP contribution in [-0.4, -0.2) is 25.5 Å². The smallest absolute Gasteiger partial charge is 0.124 e. The quantitative estimate of drug-likeness (QED) is 0.426. The van der Waals surface area contributed by atoms with Gasteiger partial charge < -0.3 is 25.5 Å². The molecule has 0 radical (unpaired) electrons. The summed E-state index contributed by atoms with van der Waals surface area (Å²) in [5.74, 6) is 0.392. The van der Waals surface area contributed by atoms with Gasteiger partial charge in [-0.15, -0.1) is 0 Å². The second kappa shape index (κ2) is 8.78. The maximum absolute atomic E-state index is 10.9. The van der Waals surface area contributed by atoms with Gasteiger partial charge in [0.15, 0.2) is 0 Å². The molecule has 0 aliphatic heterocycles. The molecule has 30 heavy (non-hydrogen) atoms. The molecule has 0 saturated carbocycles. The van der Waals surface area contributed by atoms with Gasteiger partial charge in [-0.25, -0.2) is 0 Å². The van der Waals surface area contributed by atoms with E-state index in [2.05, 4.69) is 0 Å². The van der Waals surface area contributed by atoms with Crippen LogP contribution >= 0.6 is 0 Å². The van der Waals surface area contributed by atoms with E-state index in [1.807, 2.05) is 31.2 Å². The monoisotopic (exact) mass is 408 g/mol. The molecule has 0 aliphatic rings. The number of aliphatic hydroxyl groups is 2. The van der Waals surface area contributed by atoms with Crippen LogP contribution in [0, 0.1) is 20.8 Å². The number of rotatable bonds is 6. The van der Waals surface area contributed by atoms with Gasteiger partial charge in [-0.2, -0.15) is 0 Å². The molecule has 5 heteroatoms. The number of aryl methyl sites for hydroxylation is 3. The van der Waals surface area contributed by atoms with Crippen molar-refractivity contribution < 1.29 is 25.5 Å². The van der Waals surface area contributed by atoms with Gasteiger partial charge in [0.2, 0.25) is 0 Å². The fourth-order valence-corrected chi connectivity index (χ4v) is 3.96. The first kappa shape index (κ1) is 21.7. The van der Waals surface area contributed by atoms with Gasteiger partial charge in [0.25, 0.3) is 0 Å². The molecule has 0 saturated heterocycles. The Kier molecular flexibility index (Phi) is 6.34. The summed E-state index contributed by atoms with van der Waals surface area (Å²) in [4.78, 5) is 0. The summed E-state index contributed by atoms with van der Waals surface area (Å²) in [6.07, 6.45) is 0.927. The SMILES string of the molecule is Cc1cc(Cc2cc(C)c(O)c(CO)c2)c(O)c(Cc2cc(C)c(O)c(CO)c2)c1. The van der Waals surface area contributed by atoms with Gasteiger partial charge in [-0.3, -0.25) is 0 Å². The van der Waals surface area contributed by atoms with E-state index >= 15 is 0 Å². The number of hydrogen-bond donors (Lipinski definition) is 5. The lowest BCUT2D eigenvalue weighted by atomic mass is 9.93. The highest BCUT2D eigenvalue weighted by atomic mass is 16.3. The Labute approximate surface area is 176 Å². The molecule has 0 atom stereocenters. The van der Waals surface area contributed by atoms with Gasteiger partial charge >= 0.3 is 0 Å². The number of hydrogen-bond acceptors (Lipinski definition) is 5. The van der Waals surface area contributed by atoms with Crippen LogP contribution in [0.4, 0.5) is 0 Å². The van der Waals surface area contributed by atoms with Crippen LogP contribution < -0.4 is 0 Å².